The molecule has 0 saturated carbocycles. The Kier molecular flexibility index (Phi) is 3.73. The van der Waals surface area contributed by atoms with Gasteiger partial charge in [0, 0.05) is 11.1 Å². The molecule has 0 unspecified atom stereocenters. The molecule has 0 amide bonds. The minimum absolute atomic E-state index is 0.104. The van der Waals surface area contributed by atoms with Gasteiger partial charge in [0.1, 0.15) is 5.82 Å². The first-order valence-corrected chi connectivity index (χ1v) is 7.15. The lowest BCUT2D eigenvalue weighted by Crippen LogP contribution is -2.18. The summed E-state index contributed by atoms with van der Waals surface area (Å²) in [5.74, 6) is 0.130. The van der Waals surface area contributed by atoms with E-state index in [9.17, 15) is 9.18 Å². The molecule has 1 aliphatic carbocycles. The van der Waals surface area contributed by atoms with Crippen LogP contribution < -0.4 is 10.3 Å². The van der Waals surface area contributed by atoms with Crippen molar-refractivity contribution in [2.45, 2.75) is 32.1 Å². The minimum atomic E-state index is -0.465. The molecular weight excluding hydrogens is 271 g/mol. The highest BCUT2D eigenvalue weighted by Gasteiger charge is 2.15. The van der Waals surface area contributed by atoms with E-state index in [0.717, 1.165) is 43.4 Å². The first-order chi connectivity index (χ1) is 10.2. The number of methoxy groups -OCH3 is 1. The summed E-state index contributed by atoms with van der Waals surface area (Å²) in [4.78, 5) is 19.5. The number of benzene rings is 1. The number of H-pyrrole nitrogens is 1. The summed E-state index contributed by atoms with van der Waals surface area (Å²) in [5.41, 5.74) is 2.08. The Bertz CT molecular complexity index is 725. The van der Waals surface area contributed by atoms with Crippen LogP contribution in [0.15, 0.2) is 23.0 Å². The maximum Gasteiger partial charge on any atom is 0.254 e. The average Bonchev–Trinajstić information content (AvgIpc) is 2.72. The van der Waals surface area contributed by atoms with Crippen LogP contribution in [0.25, 0.3) is 11.4 Å². The summed E-state index contributed by atoms with van der Waals surface area (Å²) < 4.78 is 18.7. The summed E-state index contributed by atoms with van der Waals surface area (Å²) in [6.45, 7) is 0. The number of halogens is 1. The molecule has 0 fully saturated rings. The van der Waals surface area contributed by atoms with E-state index in [1.54, 1.807) is 6.07 Å². The second-order valence-corrected chi connectivity index (χ2v) is 5.25. The van der Waals surface area contributed by atoms with Gasteiger partial charge in [-0.05, 0) is 43.9 Å². The van der Waals surface area contributed by atoms with Gasteiger partial charge in [-0.2, -0.15) is 0 Å². The van der Waals surface area contributed by atoms with Crippen molar-refractivity contribution in [1.29, 1.82) is 0 Å². The van der Waals surface area contributed by atoms with Gasteiger partial charge in [0.15, 0.2) is 11.6 Å². The molecule has 0 spiro atoms. The van der Waals surface area contributed by atoms with Crippen molar-refractivity contribution < 1.29 is 9.13 Å². The van der Waals surface area contributed by atoms with E-state index in [1.165, 1.54) is 19.2 Å². The number of hydrogen-bond donors (Lipinski definition) is 1. The van der Waals surface area contributed by atoms with Crippen molar-refractivity contribution >= 4 is 0 Å². The third-order valence-electron chi connectivity index (χ3n) is 3.87. The van der Waals surface area contributed by atoms with Gasteiger partial charge in [-0.1, -0.05) is 6.42 Å². The summed E-state index contributed by atoms with van der Waals surface area (Å²) >= 11 is 0. The number of fused-ring (bicyclic) bond motifs is 1. The molecule has 0 radical (unpaired) electrons. The van der Waals surface area contributed by atoms with Crippen molar-refractivity contribution in [1.82, 2.24) is 9.97 Å². The van der Waals surface area contributed by atoms with Gasteiger partial charge in [0.2, 0.25) is 0 Å². The van der Waals surface area contributed by atoms with Crippen molar-refractivity contribution in [3.8, 4) is 17.1 Å². The van der Waals surface area contributed by atoms with E-state index in [-0.39, 0.29) is 11.3 Å². The highest BCUT2D eigenvalue weighted by molar-refractivity contribution is 5.57. The molecule has 1 aromatic heterocycles. The minimum Gasteiger partial charge on any atom is -0.494 e. The largest absolute Gasteiger partial charge is 0.494 e. The number of nitrogens with zero attached hydrogens (tertiary/aromatic N) is 1. The number of rotatable bonds is 2. The van der Waals surface area contributed by atoms with Gasteiger partial charge < -0.3 is 9.72 Å². The molecule has 0 atom stereocenters. The fraction of sp³-hybridized carbons (Fsp3) is 0.375. The standard InChI is InChI=1S/C16H17FN2O2/c1-21-14-8-7-10(9-12(14)17)15-18-13-6-4-2-3-5-11(13)16(20)19-15/h7-9H,2-6H2,1H3,(H,18,19,20). The third kappa shape index (κ3) is 2.68. The van der Waals surface area contributed by atoms with Crippen LogP contribution in [0.2, 0.25) is 0 Å². The predicted octanol–water partition coefficient (Wildman–Crippen LogP) is 2.85. The molecule has 1 aliphatic rings. The highest BCUT2D eigenvalue weighted by atomic mass is 19.1. The molecule has 4 nitrogen and oxygen atoms in total. The zero-order valence-electron chi connectivity index (χ0n) is 11.9. The number of nitrogens with one attached hydrogen (secondary N) is 1. The van der Waals surface area contributed by atoms with E-state index >= 15 is 0 Å². The highest BCUT2D eigenvalue weighted by Crippen LogP contribution is 2.24. The smallest absolute Gasteiger partial charge is 0.254 e. The number of aromatic nitrogens is 2. The van der Waals surface area contributed by atoms with Crippen LogP contribution in [-0.4, -0.2) is 17.1 Å². The fourth-order valence-corrected chi connectivity index (χ4v) is 2.73. The Morgan fingerprint density at radius 1 is 1.24 bits per heavy atom. The molecule has 0 saturated heterocycles. The molecule has 2 aromatic rings. The van der Waals surface area contributed by atoms with Gasteiger partial charge in [0.05, 0.1) is 12.8 Å². The van der Waals surface area contributed by atoms with Crippen LogP contribution >= 0.6 is 0 Å². The van der Waals surface area contributed by atoms with Crippen LogP contribution in [0.1, 0.15) is 30.5 Å². The zero-order chi connectivity index (χ0) is 14.8. The Morgan fingerprint density at radius 2 is 2.05 bits per heavy atom. The molecule has 1 heterocycles. The zero-order valence-corrected chi connectivity index (χ0v) is 11.9. The second-order valence-electron chi connectivity index (χ2n) is 5.25. The molecule has 1 N–H and O–H groups in total. The van der Waals surface area contributed by atoms with E-state index < -0.39 is 5.82 Å². The lowest BCUT2D eigenvalue weighted by molar-refractivity contribution is 0.386. The Labute approximate surface area is 122 Å². The first-order valence-electron chi connectivity index (χ1n) is 7.15. The number of hydrogen-bond acceptors (Lipinski definition) is 3. The van der Waals surface area contributed by atoms with E-state index in [2.05, 4.69) is 9.97 Å². The Hall–Kier alpha value is -2.17. The van der Waals surface area contributed by atoms with Crippen LogP contribution in [0.3, 0.4) is 0 Å². The Morgan fingerprint density at radius 3 is 2.81 bits per heavy atom. The maximum absolute atomic E-state index is 13.8. The van der Waals surface area contributed by atoms with Crippen LogP contribution in [-0.2, 0) is 12.8 Å². The number of aryl methyl sites for hydroxylation is 1. The van der Waals surface area contributed by atoms with Crippen LogP contribution in [0, 0.1) is 5.82 Å². The molecule has 0 aliphatic heterocycles. The number of aromatic amines is 1. The molecule has 3 rings (SSSR count). The van der Waals surface area contributed by atoms with Gasteiger partial charge >= 0.3 is 0 Å². The normalized spacial score (nSPS) is 14.4. The van der Waals surface area contributed by atoms with Gasteiger partial charge in [-0.15, -0.1) is 0 Å². The fourth-order valence-electron chi connectivity index (χ4n) is 2.73. The second kappa shape index (κ2) is 5.68. The van der Waals surface area contributed by atoms with E-state index in [4.69, 9.17) is 4.74 Å². The molecule has 110 valence electrons. The topological polar surface area (TPSA) is 55.0 Å². The van der Waals surface area contributed by atoms with E-state index in [1.807, 2.05) is 0 Å². The number of ether oxygens (including phenoxy) is 1. The molecule has 5 heteroatoms. The van der Waals surface area contributed by atoms with Crippen molar-refractivity contribution in [2.75, 3.05) is 7.11 Å². The van der Waals surface area contributed by atoms with Crippen LogP contribution in [0.5, 0.6) is 5.75 Å². The summed E-state index contributed by atoms with van der Waals surface area (Å²) in [6, 6.07) is 4.57. The molecular formula is C16H17FN2O2. The SMILES string of the molecule is COc1ccc(-c2nc3c(c(=O)[nH]2)CCCCC3)cc1F. The third-order valence-corrected chi connectivity index (χ3v) is 3.87. The lowest BCUT2D eigenvalue weighted by atomic mass is 10.1. The first kappa shape index (κ1) is 13.8. The molecule has 21 heavy (non-hydrogen) atoms. The van der Waals surface area contributed by atoms with Crippen molar-refractivity contribution in [3.63, 3.8) is 0 Å². The summed E-state index contributed by atoms with van der Waals surface area (Å²) in [6.07, 6.45) is 4.76. The lowest BCUT2D eigenvalue weighted by Gasteiger charge is -2.08. The van der Waals surface area contributed by atoms with Crippen molar-refractivity contribution in [3.05, 3.63) is 45.6 Å². The van der Waals surface area contributed by atoms with Crippen molar-refractivity contribution in [2.24, 2.45) is 0 Å². The Balaban J connectivity index is 2.07. The predicted molar refractivity (Wildman–Crippen MR) is 78.1 cm³/mol. The summed E-state index contributed by atoms with van der Waals surface area (Å²) in [5, 5.41) is 0. The van der Waals surface area contributed by atoms with Crippen LogP contribution in [0.4, 0.5) is 4.39 Å². The quantitative estimate of drug-likeness (QED) is 0.865. The summed E-state index contributed by atoms with van der Waals surface area (Å²) in [7, 11) is 1.42. The molecule has 0 bridgehead atoms. The van der Waals surface area contributed by atoms with E-state index in [0.29, 0.717) is 11.4 Å². The van der Waals surface area contributed by atoms with Gasteiger partial charge in [0.25, 0.3) is 5.56 Å². The van der Waals surface area contributed by atoms with Gasteiger partial charge in [-0.25, -0.2) is 9.37 Å². The monoisotopic (exact) mass is 288 g/mol. The average molecular weight is 288 g/mol. The van der Waals surface area contributed by atoms with Gasteiger partial charge in [-0.3, -0.25) is 4.79 Å². The maximum atomic E-state index is 13.8. The molecule has 1 aromatic carbocycles.